The molecular weight excluding hydrogens is 254 g/mol. The topological polar surface area (TPSA) is 53.1 Å². The largest absolute Gasteiger partial charge is 0.480 e. The Labute approximate surface area is 116 Å². The van der Waals surface area contributed by atoms with Gasteiger partial charge in [0.1, 0.15) is 11.4 Å². The fourth-order valence-corrected chi connectivity index (χ4v) is 2.09. The van der Waals surface area contributed by atoms with Crippen LogP contribution in [0.1, 0.15) is 12.7 Å². The summed E-state index contributed by atoms with van der Waals surface area (Å²) in [5.41, 5.74) is 0.831. The second kappa shape index (κ2) is 5.21. The first kappa shape index (κ1) is 12.5. The molecule has 0 aliphatic carbocycles. The van der Waals surface area contributed by atoms with E-state index in [0.29, 0.717) is 5.88 Å². The minimum absolute atomic E-state index is 0.550. The van der Waals surface area contributed by atoms with E-state index in [2.05, 4.69) is 16.9 Å². The highest BCUT2D eigenvalue weighted by molar-refractivity contribution is 5.55. The Balaban J connectivity index is 2.10. The van der Waals surface area contributed by atoms with Crippen LogP contribution in [0.15, 0.2) is 47.3 Å². The number of nitrogens with zero attached hydrogens (tertiary/aromatic N) is 3. The van der Waals surface area contributed by atoms with Crippen molar-refractivity contribution in [1.29, 1.82) is 0 Å². The van der Waals surface area contributed by atoms with Crippen molar-refractivity contribution in [2.24, 2.45) is 0 Å². The zero-order valence-corrected chi connectivity index (χ0v) is 11.4. The number of imidazole rings is 1. The van der Waals surface area contributed by atoms with Gasteiger partial charge < -0.3 is 9.15 Å². The molecule has 0 spiro atoms. The van der Waals surface area contributed by atoms with Crippen LogP contribution in [0.2, 0.25) is 0 Å². The molecule has 3 heterocycles. The van der Waals surface area contributed by atoms with E-state index in [4.69, 9.17) is 9.15 Å². The fourth-order valence-electron chi connectivity index (χ4n) is 2.09. The number of methoxy groups -OCH3 is 1. The van der Waals surface area contributed by atoms with Crippen molar-refractivity contribution in [2.45, 2.75) is 13.3 Å². The van der Waals surface area contributed by atoms with Crippen molar-refractivity contribution in [1.82, 2.24) is 14.5 Å². The van der Waals surface area contributed by atoms with Gasteiger partial charge in [-0.1, -0.05) is 6.92 Å². The summed E-state index contributed by atoms with van der Waals surface area (Å²) in [6.45, 7) is 2.05. The van der Waals surface area contributed by atoms with Crippen LogP contribution in [0.25, 0.3) is 17.3 Å². The first-order chi connectivity index (χ1) is 9.83. The van der Waals surface area contributed by atoms with Gasteiger partial charge in [0.05, 0.1) is 7.11 Å². The smallest absolute Gasteiger partial charge is 0.238 e. The second-order valence-electron chi connectivity index (χ2n) is 4.27. The maximum Gasteiger partial charge on any atom is 0.238 e. The maximum atomic E-state index is 5.77. The van der Waals surface area contributed by atoms with E-state index < -0.39 is 0 Å². The third kappa shape index (κ3) is 2.07. The molecule has 0 fully saturated rings. The van der Waals surface area contributed by atoms with Crippen molar-refractivity contribution >= 4 is 0 Å². The molecule has 0 N–H and O–H groups in total. The average Bonchev–Trinajstić information content (AvgIpc) is 3.15. The number of furan rings is 1. The second-order valence-corrected chi connectivity index (χ2v) is 4.27. The molecule has 3 rings (SSSR count). The van der Waals surface area contributed by atoms with Gasteiger partial charge in [-0.3, -0.25) is 4.57 Å². The Morgan fingerprint density at radius 3 is 2.85 bits per heavy atom. The van der Waals surface area contributed by atoms with Gasteiger partial charge in [0.15, 0.2) is 11.6 Å². The van der Waals surface area contributed by atoms with Gasteiger partial charge in [-0.15, -0.1) is 0 Å². The Kier molecular flexibility index (Phi) is 3.25. The zero-order chi connectivity index (χ0) is 13.9. The van der Waals surface area contributed by atoms with Crippen LogP contribution >= 0.6 is 0 Å². The lowest BCUT2D eigenvalue weighted by Crippen LogP contribution is -2.00. The molecule has 5 nitrogen and oxygen atoms in total. The summed E-state index contributed by atoms with van der Waals surface area (Å²) in [6, 6.07) is 7.69. The van der Waals surface area contributed by atoms with E-state index in [1.54, 1.807) is 19.5 Å². The molecular formula is C15H15N3O2. The highest BCUT2D eigenvalue weighted by Crippen LogP contribution is 2.27. The first-order valence-corrected chi connectivity index (χ1v) is 6.45. The molecule has 0 saturated carbocycles. The number of aryl methyl sites for hydroxylation is 1. The van der Waals surface area contributed by atoms with Crippen molar-refractivity contribution < 1.29 is 9.15 Å². The molecule has 102 valence electrons. The van der Waals surface area contributed by atoms with Crippen LogP contribution in [-0.4, -0.2) is 21.6 Å². The predicted molar refractivity (Wildman–Crippen MR) is 75.0 cm³/mol. The highest BCUT2D eigenvalue weighted by Gasteiger charge is 2.14. The van der Waals surface area contributed by atoms with Gasteiger partial charge in [-0.05, 0) is 24.3 Å². The lowest BCUT2D eigenvalue weighted by Gasteiger charge is -2.09. The summed E-state index contributed by atoms with van der Waals surface area (Å²) in [6.07, 6.45) is 6.15. The molecule has 20 heavy (non-hydrogen) atoms. The Hall–Kier alpha value is -2.56. The summed E-state index contributed by atoms with van der Waals surface area (Å²) in [5.74, 6) is 2.95. The van der Waals surface area contributed by atoms with E-state index in [1.165, 1.54) is 0 Å². The number of hydrogen-bond donors (Lipinski definition) is 0. The summed E-state index contributed by atoms with van der Waals surface area (Å²) >= 11 is 0. The van der Waals surface area contributed by atoms with Crippen molar-refractivity contribution in [3.8, 4) is 23.2 Å². The molecule has 3 aromatic heterocycles. The lowest BCUT2D eigenvalue weighted by molar-refractivity contribution is 0.396. The van der Waals surface area contributed by atoms with Crippen LogP contribution in [0, 0.1) is 0 Å². The van der Waals surface area contributed by atoms with E-state index in [9.17, 15) is 0 Å². The van der Waals surface area contributed by atoms with E-state index in [1.807, 2.05) is 35.0 Å². The van der Waals surface area contributed by atoms with Gasteiger partial charge in [0, 0.05) is 25.0 Å². The summed E-state index contributed by atoms with van der Waals surface area (Å²) in [4.78, 5) is 8.58. The molecule has 3 aromatic rings. The molecule has 0 radical (unpaired) electrons. The molecule has 0 aliphatic heterocycles. The van der Waals surface area contributed by atoms with E-state index >= 15 is 0 Å². The minimum atomic E-state index is 0.550. The maximum absolute atomic E-state index is 5.77. The predicted octanol–water partition coefficient (Wildman–Crippen LogP) is 3.10. The highest BCUT2D eigenvalue weighted by atomic mass is 16.5. The summed E-state index contributed by atoms with van der Waals surface area (Å²) in [7, 11) is 1.60. The molecule has 0 aromatic carbocycles. The summed E-state index contributed by atoms with van der Waals surface area (Å²) in [5, 5.41) is 0. The average molecular weight is 269 g/mol. The standard InChI is InChI=1S/C15H15N3O2/c1-3-11-6-7-13(20-11)14-16-9-10-18(14)12-5-4-8-17-15(12)19-2/h4-10H,3H2,1-2H3. The normalized spacial score (nSPS) is 10.7. The minimum Gasteiger partial charge on any atom is -0.480 e. The monoisotopic (exact) mass is 269 g/mol. The van der Waals surface area contributed by atoms with Gasteiger partial charge in [-0.25, -0.2) is 9.97 Å². The van der Waals surface area contributed by atoms with Crippen molar-refractivity contribution in [2.75, 3.05) is 7.11 Å². The van der Waals surface area contributed by atoms with Crippen LogP contribution in [0.4, 0.5) is 0 Å². The molecule has 0 unspecified atom stereocenters. The third-order valence-corrected chi connectivity index (χ3v) is 3.08. The van der Waals surface area contributed by atoms with Crippen LogP contribution in [0.3, 0.4) is 0 Å². The molecule has 0 atom stereocenters. The zero-order valence-electron chi connectivity index (χ0n) is 11.4. The number of pyridine rings is 1. The Morgan fingerprint density at radius 2 is 2.10 bits per heavy atom. The quantitative estimate of drug-likeness (QED) is 0.730. The van der Waals surface area contributed by atoms with Gasteiger partial charge >= 0.3 is 0 Å². The number of aromatic nitrogens is 3. The molecule has 0 saturated heterocycles. The van der Waals surface area contributed by atoms with Crippen LogP contribution < -0.4 is 4.74 Å². The van der Waals surface area contributed by atoms with Gasteiger partial charge in [0.25, 0.3) is 0 Å². The van der Waals surface area contributed by atoms with E-state index in [0.717, 1.165) is 29.5 Å². The van der Waals surface area contributed by atoms with Crippen molar-refractivity contribution in [3.63, 3.8) is 0 Å². The van der Waals surface area contributed by atoms with Gasteiger partial charge in [-0.2, -0.15) is 0 Å². The third-order valence-electron chi connectivity index (χ3n) is 3.08. The molecule has 0 bridgehead atoms. The fraction of sp³-hybridized carbons (Fsp3) is 0.200. The number of ether oxygens (including phenoxy) is 1. The molecule has 5 heteroatoms. The van der Waals surface area contributed by atoms with Crippen LogP contribution in [0.5, 0.6) is 5.88 Å². The SMILES string of the molecule is CCc1ccc(-c2nccn2-c2cccnc2OC)o1. The number of hydrogen-bond acceptors (Lipinski definition) is 4. The van der Waals surface area contributed by atoms with E-state index in [-0.39, 0.29) is 0 Å². The van der Waals surface area contributed by atoms with Crippen molar-refractivity contribution in [3.05, 3.63) is 48.6 Å². The van der Waals surface area contributed by atoms with Gasteiger partial charge in [0.2, 0.25) is 5.88 Å². The lowest BCUT2D eigenvalue weighted by atomic mass is 10.3. The summed E-state index contributed by atoms with van der Waals surface area (Å²) < 4.78 is 13.0. The first-order valence-electron chi connectivity index (χ1n) is 6.45. The van der Waals surface area contributed by atoms with Crippen LogP contribution in [-0.2, 0) is 6.42 Å². The Morgan fingerprint density at radius 1 is 1.20 bits per heavy atom. The molecule has 0 aliphatic rings. The Bertz CT molecular complexity index is 715. The molecule has 0 amide bonds. The number of rotatable bonds is 4.